The molecule has 0 aliphatic carbocycles. The topological polar surface area (TPSA) is 119 Å². The maximum atomic E-state index is 12.0. The summed E-state index contributed by atoms with van der Waals surface area (Å²) in [7, 11) is -2.08. The minimum absolute atomic E-state index is 0.270. The molecule has 0 aliphatic heterocycles. The summed E-state index contributed by atoms with van der Waals surface area (Å²) < 4.78 is 31.4. The van der Waals surface area contributed by atoms with Gasteiger partial charge in [0, 0.05) is 24.5 Å². The van der Waals surface area contributed by atoms with Crippen LogP contribution in [0.1, 0.15) is 11.4 Å². The Morgan fingerprint density at radius 1 is 1.17 bits per heavy atom. The van der Waals surface area contributed by atoms with Gasteiger partial charge in [0.2, 0.25) is 21.8 Å². The molecule has 1 N–H and O–H groups in total. The summed E-state index contributed by atoms with van der Waals surface area (Å²) in [4.78, 5) is 24.6. The smallest absolute Gasteiger partial charge is 0.239 e. The molecule has 2 aromatic heterocycles. The van der Waals surface area contributed by atoms with Gasteiger partial charge in [0.15, 0.2) is 0 Å². The van der Waals surface area contributed by atoms with Gasteiger partial charge in [0.1, 0.15) is 24.2 Å². The number of carbonyl (C=O) groups excluding carboxylic acids is 1. The lowest BCUT2D eigenvalue weighted by Gasteiger charge is -2.14. The van der Waals surface area contributed by atoms with Gasteiger partial charge in [0.05, 0.1) is 18.5 Å². The first-order chi connectivity index (χ1) is 14.1. The highest BCUT2D eigenvalue weighted by Crippen LogP contribution is 2.23. The van der Waals surface area contributed by atoms with E-state index in [0.717, 1.165) is 21.9 Å². The summed E-state index contributed by atoms with van der Waals surface area (Å²) >= 11 is 0. The SMILES string of the molecule is Cc1ncn(-c2cc(Oc3ccc(NC(=O)CN(C)S(C)(=O)=O)cc3)ncn2)c1C. The zero-order valence-corrected chi connectivity index (χ0v) is 17.8. The van der Waals surface area contributed by atoms with E-state index in [1.807, 2.05) is 18.4 Å². The molecule has 2 heterocycles. The lowest BCUT2D eigenvalue weighted by atomic mass is 10.3. The normalized spacial score (nSPS) is 11.5. The maximum Gasteiger partial charge on any atom is 0.239 e. The minimum atomic E-state index is -3.42. The van der Waals surface area contributed by atoms with E-state index in [1.54, 1.807) is 36.7 Å². The van der Waals surface area contributed by atoms with Gasteiger partial charge in [-0.15, -0.1) is 0 Å². The van der Waals surface area contributed by atoms with E-state index in [2.05, 4.69) is 20.3 Å². The number of nitrogens with one attached hydrogen (secondary N) is 1. The third-order valence-corrected chi connectivity index (χ3v) is 5.68. The Balaban J connectivity index is 1.66. The Morgan fingerprint density at radius 3 is 2.47 bits per heavy atom. The fourth-order valence-corrected chi connectivity index (χ4v) is 2.85. The Labute approximate surface area is 174 Å². The summed E-state index contributed by atoms with van der Waals surface area (Å²) in [5.41, 5.74) is 2.40. The van der Waals surface area contributed by atoms with Crippen LogP contribution in [0.4, 0.5) is 5.69 Å². The maximum absolute atomic E-state index is 12.0. The van der Waals surface area contributed by atoms with E-state index in [9.17, 15) is 13.2 Å². The second-order valence-electron chi connectivity index (χ2n) is 6.69. The van der Waals surface area contributed by atoms with Gasteiger partial charge in [-0.3, -0.25) is 9.36 Å². The van der Waals surface area contributed by atoms with E-state index in [4.69, 9.17) is 4.74 Å². The molecule has 0 saturated heterocycles. The van der Waals surface area contributed by atoms with Gasteiger partial charge in [-0.2, -0.15) is 4.31 Å². The van der Waals surface area contributed by atoms with Crippen LogP contribution in [0.5, 0.6) is 11.6 Å². The zero-order chi connectivity index (χ0) is 21.9. The standard InChI is InChI=1S/C19H22N6O4S/c1-13-14(2)25(12-22-13)17-9-19(21-11-20-17)29-16-7-5-15(6-8-16)23-18(26)10-24(3)30(4,27)28/h5-9,11-12H,10H2,1-4H3,(H,23,26). The van der Waals surface area contributed by atoms with E-state index in [1.165, 1.54) is 13.4 Å². The van der Waals surface area contributed by atoms with Crippen LogP contribution < -0.4 is 10.1 Å². The molecule has 30 heavy (non-hydrogen) atoms. The molecule has 0 spiro atoms. The molecule has 0 atom stereocenters. The number of likely N-dealkylation sites (N-methyl/N-ethyl adjacent to an activating group) is 1. The second-order valence-corrected chi connectivity index (χ2v) is 8.78. The van der Waals surface area contributed by atoms with Crippen LogP contribution in [0.25, 0.3) is 5.82 Å². The first-order valence-corrected chi connectivity index (χ1v) is 10.8. The average Bonchev–Trinajstić information content (AvgIpc) is 3.01. The van der Waals surface area contributed by atoms with Gasteiger partial charge in [0.25, 0.3) is 0 Å². The van der Waals surface area contributed by atoms with Crippen molar-refractivity contribution in [1.82, 2.24) is 23.8 Å². The Hall–Kier alpha value is -3.31. The number of hydrogen-bond acceptors (Lipinski definition) is 7. The Morgan fingerprint density at radius 2 is 1.87 bits per heavy atom. The van der Waals surface area contributed by atoms with Gasteiger partial charge < -0.3 is 10.1 Å². The van der Waals surface area contributed by atoms with Crippen molar-refractivity contribution in [1.29, 1.82) is 0 Å². The molecule has 1 amide bonds. The highest BCUT2D eigenvalue weighted by atomic mass is 32.2. The van der Waals surface area contributed by atoms with Crippen molar-refractivity contribution in [2.24, 2.45) is 0 Å². The predicted molar refractivity (Wildman–Crippen MR) is 111 cm³/mol. The van der Waals surface area contributed by atoms with Crippen LogP contribution >= 0.6 is 0 Å². The molecule has 0 saturated carbocycles. The van der Waals surface area contributed by atoms with Gasteiger partial charge in [-0.1, -0.05) is 0 Å². The van der Waals surface area contributed by atoms with Gasteiger partial charge in [-0.25, -0.2) is 23.4 Å². The summed E-state index contributed by atoms with van der Waals surface area (Å²) in [6, 6.07) is 8.34. The van der Waals surface area contributed by atoms with Crippen molar-refractivity contribution in [2.75, 3.05) is 25.2 Å². The van der Waals surface area contributed by atoms with Crippen molar-refractivity contribution in [3.8, 4) is 17.4 Å². The lowest BCUT2D eigenvalue weighted by Crippen LogP contribution is -2.34. The number of amides is 1. The first kappa shape index (κ1) is 21.4. The number of imidazole rings is 1. The number of nitrogens with zero attached hydrogens (tertiary/aromatic N) is 5. The van der Waals surface area contributed by atoms with Crippen LogP contribution in [0.15, 0.2) is 43.0 Å². The van der Waals surface area contributed by atoms with E-state index < -0.39 is 15.9 Å². The highest BCUT2D eigenvalue weighted by molar-refractivity contribution is 7.88. The third-order valence-electron chi connectivity index (χ3n) is 4.42. The number of aryl methyl sites for hydroxylation is 1. The molecule has 0 unspecified atom stereocenters. The molecular weight excluding hydrogens is 408 g/mol. The predicted octanol–water partition coefficient (Wildman–Crippen LogP) is 1.90. The molecule has 158 valence electrons. The molecule has 11 heteroatoms. The summed E-state index contributed by atoms with van der Waals surface area (Å²) in [6.45, 7) is 3.60. The van der Waals surface area contributed by atoms with Crippen molar-refractivity contribution in [3.05, 3.63) is 54.4 Å². The number of ether oxygens (including phenoxy) is 1. The number of rotatable bonds is 7. The van der Waals surface area contributed by atoms with E-state index in [0.29, 0.717) is 23.1 Å². The van der Waals surface area contributed by atoms with Crippen molar-refractivity contribution < 1.29 is 17.9 Å². The monoisotopic (exact) mass is 430 g/mol. The molecule has 10 nitrogen and oxygen atoms in total. The Bertz CT molecular complexity index is 1160. The fourth-order valence-electron chi connectivity index (χ4n) is 2.49. The van der Waals surface area contributed by atoms with Crippen LogP contribution in [0, 0.1) is 13.8 Å². The second kappa shape index (κ2) is 8.59. The molecule has 3 aromatic rings. The van der Waals surface area contributed by atoms with E-state index >= 15 is 0 Å². The number of carbonyl (C=O) groups is 1. The van der Waals surface area contributed by atoms with Crippen molar-refractivity contribution >= 4 is 21.6 Å². The van der Waals surface area contributed by atoms with Crippen LogP contribution in [-0.4, -0.2) is 58.0 Å². The molecular formula is C19H22N6O4S. The molecule has 0 bridgehead atoms. The number of anilines is 1. The lowest BCUT2D eigenvalue weighted by molar-refractivity contribution is -0.116. The highest BCUT2D eigenvalue weighted by Gasteiger charge is 2.15. The Kier molecular flexibility index (Phi) is 6.13. The van der Waals surface area contributed by atoms with Crippen LogP contribution in [0.2, 0.25) is 0 Å². The number of benzene rings is 1. The zero-order valence-electron chi connectivity index (χ0n) is 17.0. The molecule has 0 radical (unpaired) electrons. The largest absolute Gasteiger partial charge is 0.439 e. The fraction of sp³-hybridized carbons (Fsp3) is 0.263. The third kappa shape index (κ3) is 5.19. The number of sulfonamides is 1. The first-order valence-electron chi connectivity index (χ1n) is 8.95. The average molecular weight is 430 g/mol. The number of hydrogen-bond donors (Lipinski definition) is 1. The van der Waals surface area contributed by atoms with Crippen LogP contribution in [-0.2, 0) is 14.8 Å². The van der Waals surface area contributed by atoms with Crippen LogP contribution in [0.3, 0.4) is 0 Å². The minimum Gasteiger partial charge on any atom is -0.439 e. The quantitative estimate of drug-likeness (QED) is 0.608. The molecule has 3 rings (SSSR count). The van der Waals surface area contributed by atoms with Crippen molar-refractivity contribution in [3.63, 3.8) is 0 Å². The summed E-state index contributed by atoms with van der Waals surface area (Å²) in [5, 5.41) is 2.64. The van der Waals surface area contributed by atoms with Gasteiger partial charge in [-0.05, 0) is 38.1 Å². The molecule has 0 aliphatic rings. The van der Waals surface area contributed by atoms with E-state index in [-0.39, 0.29) is 6.54 Å². The molecule has 1 aromatic carbocycles. The van der Waals surface area contributed by atoms with Crippen molar-refractivity contribution in [2.45, 2.75) is 13.8 Å². The molecule has 0 fully saturated rings. The number of aromatic nitrogens is 4. The summed E-state index contributed by atoms with van der Waals surface area (Å²) in [6.07, 6.45) is 4.14. The van der Waals surface area contributed by atoms with Gasteiger partial charge >= 0.3 is 0 Å². The summed E-state index contributed by atoms with van der Waals surface area (Å²) in [5.74, 6) is 1.07.